The van der Waals surface area contributed by atoms with Crippen LogP contribution in [-0.4, -0.2) is 33.7 Å². The fourth-order valence-corrected chi connectivity index (χ4v) is 2.88. The fraction of sp³-hybridized carbons (Fsp3) is 0.412. The zero-order valence-electron chi connectivity index (χ0n) is 13.2. The Kier molecular flexibility index (Phi) is 4.13. The number of aliphatic imine (C=N–C) groups is 1. The molecule has 1 aliphatic rings. The number of para-hydroxylation sites is 1. The Morgan fingerprint density at radius 1 is 1.09 bits per heavy atom. The number of likely N-dealkylation sites (tertiary alicyclic amines) is 1. The number of benzene rings is 1. The van der Waals surface area contributed by atoms with Gasteiger partial charge >= 0.3 is 0 Å². The number of aromatic nitrogens is 2. The maximum atomic E-state index is 12.7. The second kappa shape index (κ2) is 6.22. The first kappa shape index (κ1) is 14.6. The molecule has 22 heavy (non-hydrogen) atoms. The molecule has 116 valence electrons. The molecule has 0 bridgehead atoms. The summed E-state index contributed by atoms with van der Waals surface area (Å²) in [6, 6.07) is 9.67. The summed E-state index contributed by atoms with van der Waals surface area (Å²) in [4.78, 5) is 19.4. The van der Waals surface area contributed by atoms with Crippen LogP contribution in [0.15, 0.2) is 40.1 Å². The van der Waals surface area contributed by atoms with E-state index in [1.165, 1.54) is 19.3 Å². The minimum Gasteiger partial charge on any atom is -0.363 e. The summed E-state index contributed by atoms with van der Waals surface area (Å²) in [5.41, 5.74) is 2.19. The van der Waals surface area contributed by atoms with E-state index in [0.29, 0.717) is 5.69 Å². The number of piperidine rings is 1. The number of hydrogen-bond donors (Lipinski definition) is 0. The lowest BCUT2D eigenvalue weighted by Crippen LogP contribution is -2.28. The van der Waals surface area contributed by atoms with Gasteiger partial charge in [0.2, 0.25) is 0 Å². The van der Waals surface area contributed by atoms with Gasteiger partial charge in [0.15, 0.2) is 5.69 Å². The van der Waals surface area contributed by atoms with Crippen LogP contribution >= 0.6 is 0 Å². The van der Waals surface area contributed by atoms with Gasteiger partial charge in [-0.1, -0.05) is 18.2 Å². The first-order valence-electron chi connectivity index (χ1n) is 7.81. The van der Waals surface area contributed by atoms with Crippen LogP contribution in [0.4, 0.5) is 5.69 Å². The van der Waals surface area contributed by atoms with Gasteiger partial charge in [-0.3, -0.25) is 9.48 Å². The lowest BCUT2D eigenvalue weighted by molar-refractivity contribution is 0.351. The highest BCUT2D eigenvalue weighted by Crippen LogP contribution is 2.16. The lowest BCUT2D eigenvalue weighted by Gasteiger charge is -2.23. The van der Waals surface area contributed by atoms with Crippen LogP contribution in [0.3, 0.4) is 0 Å². The Labute approximate surface area is 130 Å². The van der Waals surface area contributed by atoms with E-state index in [2.05, 4.69) is 9.89 Å². The van der Waals surface area contributed by atoms with E-state index in [9.17, 15) is 4.79 Å². The zero-order valence-corrected chi connectivity index (χ0v) is 13.2. The largest absolute Gasteiger partial charge is 0.363 e. The molecular formula is C17H22N4O. The molecule has 1 saturated heterocycles. The summed E-state index contributed by atoms with van der Waals surface area (Å²) < 4.78 is 3.53. The Hall–Kier alpha value is -2.30. The third-order valence-electron chi connectivity index (χ3n) is 4.26. The van der Waals surface area contributed by atoms with E-state index in [0.717, 1.165) is 24.5 Å². The van der Waals surface area contributed by atoms with Crippen molar-refractivity contribution in [2.45, 2.75) is 26.2 Å². The predicted molar refractivity (Wildman–Crippen MR) is 89.3 cm³/mol. The monoisotopic (exact) mass is 298 g/mol. The summed E-state index contributed by atoms with van der Waals surface area (Å²) in [5.74, 6) is 0. The van der Waals surface area contributed by atoms with Gasteiger partial charge in [0.05, 0.1) is 17.7 Å². The van der Waals surface area contributed by atoms with E-state index < -0.39 is 0 Å². The first-order chi connectivity index (χ1) is 10.7. The molecular weight excluding hydrogens is 276 g/mol. The molecule has 5 heteroatoms. The van der Waals surface area contributed by atoms with Crippen LogP contribution in [0.25, 0.3) is 5.69 Å². The Bertz CT molecular complexity index is 721. The zero-order chi connectivity index (χ0) is 15.5. The lowest BCUT2D eigenvalue weighted by atomic mass is 10.1. The van der Waals surface area contributed by atoms with Crippen molar-refractivity contribution in [2.75, 3.05) is 13.1 Å². The second-order valence-electron chi connectivity index (χ2n) is 5.75. The molecule has 0 amide bonds. The van der Waals surface area contributed by atoms with Gasteiger partial charge in [0.1, 0.15) is 0 Å². The normalized spacial score (nSPS) is 15.6. The fourth-order valence-electron chi connectivity index (χ4n) is 2.88. The van der Waals surface area contributed by atoms with Crippen LogP contribution in [-0.2, 0) is 7.05 Å². The molecule has 1 fully saturated rings. The molecule has 2 aromatic rings. The molecule has 3 rings (SSSR count). The number of nitrogens with zero attached hydrogens (tertiary/aromatic N) is 4. The summed E-state index contributed by atoms with van der Waals surface area (Å²) in [6.07, 6.45) is 5.52. The number of rotatable bonds is 3. The Morgan fingerprint density at radius 3 is 2.45 bits per heavy atom. The van der Waals surface area contributed by atoms with Gasteiger partial charge in [0, 0.05) is 20.1 Å². The average Bonchev–Trinajstić information content (AvgIpc) is 2.77. The first-order valence-corrected chi connectivity index (χ1v) is 7.81. The highest BCUT2D eigenvalue weighted by atomic mass is 16.1. The van der Waals surface area contributed by atoms with Gasteiger partial charge in [-0.2, -0.15) is 0 Å². The van der Waals surface area contributed by atoms with E-state index in [-0.39, 0.29) is 5.56 Å². The summed E-state index contributed by atoms with van der Waals surface area (Å²) in [6.45, 7) is 3.99. The van der Waals surface area contributed by atoms with Gasteiger partial charge < -0.3 is 4.90 Å². The van der Waals surface area contributed by atoms with Crippen molar-refractivity contribution in [3.05, 3.63) is 46.4 Å². The number of hydrogen-bond acceptors (Lipinski definition) is 2. The van der Waals surface area contributed by atoms with Gasteiger partial charge in [-0.15, -0.1) is 0 Å². The molecule has 0 atom stereocenters. The Balaban J connectivity index is 1.96. The van der Waals surface area contributed by atoms with Gasteiger partial charge in [-0.25, -0.2) is 9.67 Å². The molecule has 1 aliphatic heterocycles. The molecule has 0 N–H and O–H groups in total. The van der Waals surface area contributed by atoms with Crippen molar-refractivity contribution in [3.8, 4) is 5.69 Å². The average molecular weight is 298 g/mol. The van der Waals surface area contributed by atoms with Crippen molar-refractivity contribution >= 4 is 12.0 Å². The molecule has 0 saturated carbocycles. The standard InChI is InChI=1S/C17H22N4O/c1-14-16(18-13-20-11-7-4-8-12-20)17(22)21(19(14)2)15-9-5-3-6-10-15/h3,5-6,9-10,13H,4,7-8,11-12H2,1-2H3. The van der Waals surface area contributed by atoms with E-state index >= 15 is 0 Å². The molecule has 5 nitrogen and oxygen atoms in total. The van der Waals surface area contributed by atoms with Crippen molar-refractivity contribution in [3.63, 3.8) is 0 Å². The summed E-state index contributed by atoms with van der Waals surface area (Å²) in [5, 5.41) is 0. The quantitative estimate of drug-likeness (QED) is 0.646. The molecule has 0 spiro atoms. The maximum absolute atomic E-state index is 12.7. The third-order valence-corrected chi connectivity index (χ3v) is 4.26. The Morgan fingerprint density at radius 2 is 1.77 bits per heavy atom. The van der Waals surface area contributed by atoms with Gasteiger partial charge in [0.25, 0.3) is 5.56 Å². The molecule has 0 radical (unpaired) electrons. The van der Waals surface area contributed by atoms with Crippen molar-refractivity contribution in [2.24, 2.45) is 12.0 Å². The van der Waals surface area contributed by atoms with E-state index in [1.807, 2.05) is 55.3 Å². The minimum absolute atomic E-state index is 0.0699. The van der Waals surface area contributed by atoms with Crippen molar-refractivity contribution in [1.29, 1.82) is 0 Å². The van der Waals surface area contributed by atoms with Crippen molar-refractivity contribution in [1.82, 2.24) is 14.3 Å². The minimum atomic E-state index is -0.0699. The maximum Gasteiger partial charge on any atom is 0.297 e. The SMILES string of the molecule is Cc1c(N=CN2CCCCC2)c(=O)n(-c2ccccc2)n1C. The van der Waals surface area contributed by atoms with Crippen LogP contribution < -0.4 is 5.56 Å². The molecule has 1 aromatic heterocycles. The highest BCUT2D eigenvalue weighted by Gasteiger charge is 2.15. The smallest absolute Gasteiger partial charge is 0.297 e. The van der Waals surface area contributed by atoms with Crippen LogP contribution in [0.2, 0.25) is 0 Å². The highest BCUT2D eigenvalue weighted by molar-refractivity contribution is 5.62. The van der Waals surface area contributed by atoms with Crippen LogP contribution in [0.1, 0.15) is 25.0 Å². The summed E-state index contributed by atoms with van der Waals surface area (Å²) in [7, 11) is 1.89. The van der Waals surface area contributed by atoms with E-state index in [1.54, 1.807) is 4.68 Å². The second-order valence-corrected chi connectivity index (χ2v) is 5.75. The van der Waals surface area contributed by atoms with E-state index in [4.69, 9.17) is 0 Å². The summed E-state index contributed by atoms with van der Waals surface area (Å²) >= 11 is 0. The van der Waals surface area contributed by atoms with Crippen molar-refractivity contribution < 1.29 is 0 Å². The topological polar surface area (TPSA) is 42.5 Å². The van der Waals surface area contributed by atoms with Crippen LogP contribution in [0, 0.1) is 6.92 Å². The molecule has 2 heterocycles. The molecule has 1 aromatic carbocycles. The van der Waals surface area contributed by atoms with Crippen LogP contribution in [0.5, 0.6) is 0 Å². The molecule has 0 unspecified atom stereocenters. The van der Waals surface area contributed by atoms with Gasteiger partial charge in [-0.05, 0) is 38.3 Å². The molecule has 0 aliphatic carbocycles. The predicted octanol–water partition coefficient (Wildman–Crippen LogP) is 2.63. The third kappa shape index (κ3) is 2.71.